The van der Waals surface area contributed by atoms with Crippen LogP contribution in [0.4, 0.5) is 0 Å². The number of likely N-dealkylation sites (tertiary alicyclic amines) is 1. The summed E-state index contributed by atoms with van der Waals surface area (Å²) in [5, 5.41) is 2.42. The molecule has 5 nitrogen and oxygen atoms in total. The SMILES string of the molecule is CNC(=O)C(C)(C)CC(C)(C)CN1C(=O)CC(SC)C1=O. The smallest absolute Gasteiger partial charge is 0.242 e. The van der Waals surface area contributed by atoms with Crippen molar-refractivity contribution in [1.82, 2.24) is 10.2 Å². The molecule has 0 radical (unpaired) electrons. The molecule has 0 saturated carbocycles. The van der Waals surface area contributed by atoms with E-state index < -0.39 is 5.41 Å². The Morgan fingerprint density at radius 3 is 2.33 bits per heavy atom. The summed E-state index contributed by atoms with van der Waals surface area (Å²) in [6, 6.07) is 0. The lowest BCUT2D eigenvalue weighted by Crippen LogP contribution is -2.44. The number of rotatable bonds is 6. The highest BCUT2D eigenvalue weighted by Gasteiger charge is 2.42. The summed E-state index contributed by atoms with van der Waals surface area (Å²) < 4.78 is 0. The topological polar surface area (TPSA) is 66.5 Å². The first-order valence-electron chi connectivity index (χ1n) is 7.13. The molecule has 3 amide bonds. The zero-order valence-electron chi connectivity index (χ0n) is 13.8. The van der Waals surface area contributed by atoms with Crippen LogP contribution in [0.1, 0.15) is 40.5 Å². The number of carbonyl (C=O) groups excluding carboxylic acids is 3. The van der Waals surface area contributed by atoms with Crippen LogP contribution in [0.15, 0.2) is 0 Å². The van der Waals surface area contributed by atoms with Gasteiger partial charge in [0.2, 0.25) is 17.7 Å². The normalized spacial score (nSPS) is 20.1. The predicted molar refractivity (Wildman–Crippen MR) is 84.9 cm³/mol. The molecule has 1 aliphatic rings. The third kappa shape index (κ3) is 4.22. The van der Waals surface area contributed by atoms with E-state index in [1.807, 2.05) is 34.0 Å². The summed E-state index contributed by atoms with van der Waals surface area (Å²) in [7, 11) is 1.62. The Labute approximate surface area is 131 Å². The van der Waals surface area contributed by atoms with Gasteiger partial charge in [-0.3, -0.25) is 19.3 Å². The van der Waals surface area contributed by atoms with Gasteiger partial charge in [0.15, 0.2) is 0 Å². The average molecular weight is 314 g/mol. The van der Waals surface area contributed by atoms with Crippen LogP contribution in [0.25, 0.3) is 0 Å². The monoisotopic (exact) mass is 314 g/mol. The molecule has 1 N–H and O–H groups in total. The summed E-state index contributed by atoms with van der Waals surface area (Å²) in [5.74, 6) is -0.236. The van der Waals surface area contributed by atoms with E-state index in [4.69, 9.17) is 0 Å². The second-order valence-electron chi connectivity index (χ2n) is 7.05. The largest absolute Gasteiger partial charge is 0.359 e. The lowest BCUT2D eigenvalue weighted by Gasteiger charge is -2.35. The molecule has 1 fully saturated rings. The second kappa shape index (κ2) is 6.38. The van der Waals surface area contributed by atoms with Gasteiger partial charge in [-0.25, -0.2) is 0 Å². The van der Waals surface area contributed by atoms with Crippen LogP contribution in [0.5, 0.6) is 0 Å². The van der Waals surface area contributed by atoms with Crippen molar-refractivity contribution < 1.29 is 14.4 Å². The molecule has 1 aliphatic heterocycles. The van der Waals surface area contributed by atoms with Crippen LogP contribution in [0, 0.1) is 10.8 Å². The van der Waals surface area contributed by atoms with Gasteiger partial charge in [-0.1, -0.05) is 27.7 Å². The molecular weight excluding hydrogens is 288 g/mol. The minimum Gasteiger partial charge on any atom is -0.359 e. The summed E-state index contributed by atoms with van der Waals surface area (Å²) in [5.41, 5.74) is -0.850. The first-order chi connectivity index (χ1) is 9.54. The minimum absolute atomic E-state index is 0.0309. The summed E-state index contributed by atoms with van der Waals surface area (Å²) in [6.07, 6.45) is 2.73. The Balaban J connectivity index is 2.79. The Morgan fingerprint density at radius 2 is 1.90 bits per heavy atom. The maximum Gasteiger partial charge on any atom is 0.242 e. The van der Waals surface area contributed by atoms with Crippen molar-refractivity contribution in [2.24, 2.45) is 10.8 Å². The molecule has 1 saturated heterocycles. The molecule has 1 unspecified atom stereocenters. The number of amides is 3. The number of nitrogens with one attached hydrogen (secondary N) is 1. The molecule has 1 heterocycles. The van der Waals surface area contributed by atoms with Crippen LogP contribution < -0.4 is 5.32 Å². The van der Waals surface area contributed by atoms with E-state index in [2.05, 4.69) is 5.32 Å². The molecule has 0 aromatic carbocycles. The lowest BCUT2D eigenvalue weighted by atomic mass is 9.74. The number of hydrogen-bond acceptors (Lipinski definition) is 4. The molecular formula is C15H26N2O3S. The van der Waals surface area contributed by atoms with Crippen LogP contribution in [-0.4, -0.2) is 47.7 Å². The van der Waals surface area contributed by atoms with E-state index >= 15 is 0 Å². The Morgan fingerprint density at radius 1 is 1.33 bits per heavy atom. The van der Waals surface area contributed by atoms with Crippen molar-refractivity contribution in [3.05, 3.63) is 0 Å². The van der Waals surface area contributed by atoms with Gasteiger partial charge in [-0.15, -0.1) is 0 Å². The van der Waals surface area contributed by atoms with Crippen molar-refractivity contribution in [2.45, 2.75) is 45.8 Å². The van der Waals surface area contributed by atoms with Gasteiger partial charge in [0.1, 0.15) is 0 Å². The second-order valence-corrected chi connectivity index (χ2v) is 8.09. The molecule has 0 aliphatic carbocycles. The molecule has 1 rings (SSSR count). The van der Waals surface area contributed by atoms with E-state index in [1.165, 1.54) is 16.7 Å². The van der Waals surface area contributed by atoms with E-state index in [0.717, 1.165) is 0 Å². The van der Waals surface area contributed by atoms with E-state index in [0.29, 0.717) is 13.0 Å². The fourth-order valence-corrected chi connectivity index (χ4v) is 3.74. The quantitative estimate of drug-likeness (QED) is 0.757. The molecule has 1 atom stereocenters. The van der Waals surface area contributed by atoms with E-state index in [1.54, 1.807) is 7.05 Å². The molecule has 120 valence electrons. The van der Waals surface area contributed by atoms with Crippen molar-refractivity contribution >= 4 is 29.5 Å². The number of imide groups is 1. The third-order valence-corrected chi connectivity index (χ3v) is 4.77. The number of hydrogen-bond donors (Lipinski definition) is 1. The fraction of sp³-hybridized carbons (Fsp3) is 0.800. The van der Waals surface area contributed by atoms with Crippen molar-refractivity contribution in [3.63, 3.8) is 0 Å². The van der Waals surface area contributed by atoms with Gasteiger partial charge in [-0.2, -0.15) is 11.8 Å². The van der Waals surface area contributed by atoms with Gasteiger partial charge >= 0.3 is 0 Å². The molecule has 0 aromatic heterocycles. The third-order valence-electron chi connectivity index (χ3n) is 3.84. The number of thioether (sulfide) groups is 1. The maximum absolute atomic E-state index is 12.2. The molecule has 0 spiro atoms. The van der Waals surface area contributed by atoms with Crippen molar-refractivity contribution in [3.8, 4) is 0 Å². The molecule has 21 heavy (non-hydrogen) atoms. The number of carbonyl (C=O) groups is 3. The van der Waals surface area contributed by atoms with Gasteiger partial charge in [0.05, 0.1) is 5.25 Å². The van der Waals surface area contributed by atoms with E-state index in [-0.39, 0.29) is 34.8 Å². The van der Waals surface area contributed by atoms with Crippen LogP contribution >= 0.6 is 11.8 Å². The van der Waals surface area contributed by atoms with Gasteiger partial charge in [-0.05, 0) is 18.1 Å². The Kier molecular flexibility index (Phi) is 5.47. The summed E-state index contributed by atoms with van der Waals surface area (Å²) in [6.45, 7) is 8.11. The molecule has 0 aromatic rings. The fourth-order valence-electron chi connectivity index (χ4n) is 3.10. The van der Waals surface area contributed by atoms with Gasteiger partial charge in [0, 0.05) is 25.4 Å². The first kappa shape index (κ1) is 18.0. The average Bonchev–Trinajstić information content (AvgIpc) is 2.63. The lowest BCUT2D eigenvalue weighted by molar-refractivity contribution is -0.140. The maximum atomic E-state index is 12.2. The molecule has 6 heteroatoms. The first-order valence-corrected chi connectivity index (χ1v) is 8.42. The van der Waals surface area contributed by atoms with Crippen LogP contribution in [-0.2, 0) is 14.4 Å². The van der Waals surface area contributed by atoms with E-state index in [9.17, 15) is 14.4 Å². The zero-order chi connectivity index (χ0) is 16.4. The van der Waals surface area contributed by atoms with Gasteiger partial charge < -0.3 is 5.32 Å². The van der Waals surface area contributed by atoms with Crippen LogP contribution in [0.3, 0.4) is 0 Å². The zero-order valence-corrected chi connectivity index (χ0v) is 14.6. The highest BCUT2D eigenvalue weighted by Crippen LogP contribution is 2.36. The standard InChI is InChI=1S/C15H26N2O3S/c1-14(2,8-15(3,4)13(20)16-5)9-17-11(18)7-10(21-6)12(17)19/h10H,7-9H2,1-6H3,(H,16,20). The Bertz CT molecular complexity index is 446. The summed E-state index contributed by atoms with van der Waals surface area (Å²) in [4.78, 5) is 37.5. The molecule has 0 bridgehead atoms. The number of nitrogens with zero attached hydrogens (tertiary/aromatic N) is 1. The predicted octanol–water partition coefficient (Wildman–Crippen LogP) is 1.67. The van der Waals surface area contributed by atoms with Gasteiger partial charge in [0.25, 0.3) is 0 Å². The Hall–Kier alpha value is -1.04. The highest BCUT2D eigenvalue weighted by atomic mass is 32.2. The minimum atomic E-state index is -0.539. The highest BCUT2D eigenvalue weighted by molar-refractivity contribution is 8.00. The van der Waals surface area contributed by atoms with Crippen molar-refractivity contribution in [2.75, 3.05) is 19.8 Å². The van der Waals surface area contributed by atoms with Crippen LogP contribution in [0.2, 0.25) is 0 Å². The van der Waals surface area contributed by atoms with Crippen molar-refractivity contribution in [1.29, 1.82) is 0 Å². The summed E-state index contributed by atoms with van der Waals surface area (Å²) >= 11 is 1.42.